The third-order valence-corrected chi connectivity index (χ3v) is 13.0. The van der Waals surface area contributed by atoms with Crippen LogP contribution in [0, 0.1) is 6.45 Å². The van der Waals surface area contributed by atoms with Crippen LogP contribution in [0.4, 0.5) is 5.69 Å². The molecule has 3 nitrogen and oxygen atoms in total. The number of hydrogen-bond donors (Lipinski definition) is 1. The van der Waals surface area contributed by atoms with Crippen LogP contribution in [0.15, 0.2) is 46.6 Å². The van der Waals surface area contributed by atoms with E-state index in [1.165, 1.54) is 2.88 Å². The number of aliphatic imine (C=N–C) groups is 1. The first kappa shape index (κ1) is 19.5. The number of phenolic OH excluding ortho intramolecular Hbond substituents is 1. The van der Waals surface area contributed by atoms with Crippen molar-refractivity contribution in [3.63, 3.8) is 0 Å². The van der Waals surface area contributed by atoms with Crippen molar-refractivity contribution in [2.24, 2.45) is 4.99 Å². The highest BCUT2D eigenvalue weighted by molar-refractivity contribution is 14.1. The van der Waals surface area contributed by atoms with E-state index in [1.54, 1.807) is 23.5 Å². The van der Waals surface area contributed by atoms with Crippen molar-refractivity contribution in [2.75, 3.05) is 0 Å². The van der Waals surface area contributed by atoms with Crippen LogP contribution in [0.2, 0.25) is 12.6 Å². The number of ketones is 1. The molecule has 1 unspecified atom stereocenters. The Labute approximate surface area is 190 Å². The number of fused-ring (bicyclic) bond motifs is 2. The Kier molecular flexibility index (Phi) is 5.23. The van der Waals surface area contributed by atoms with Gasteiger partial charge in [-0.25, -0.2) is 4.99 Å². The van der Waals surface area contributed by atoms with Gasteiger partial charge in [0.25, 0.3) is 0 Å². The fraction of sp³-hybridized carbons (Fsp3) is 0.200. The third kappa shape index (κ3) is 3.20. The molecule has 138 valence electrons. The van der Waals surface area contributed by atoms with Gasteiger partial charge in [-0.1, -0.05) is 19.9 Å². The predicted molar refractivity (Wildman–Crippen MR) is 132 cm³/mol. The van der Waals surface area contributed by atoms with Gasteiger partial charge in [0.1, 0.15) is 13.8 Å². The van der Waals surface area contributed by atoms with E-state index in [0.29, 0.717) is 0 Å². The molecule has 1 atom stereocenters. The predicted octanol–water partition coefficient (Wildman–Crippen LogP) is 5.58. The molecule has 0 spiro atoms. The Bertz CT molecular complexity index is 1070. The van der Waals surface area contributed by atoms with Crippen LogP contribution in [0.3, 0.4) is 0 Å². The van der Waals surface area contributed by atoms with Crippen molar-refractivity contribution in [1.82, 2.24) is 0 Å². The number of nitrogens with zero attached hydrogens (tertiary/aromatic N) is 1. The summed E-state index contributed by atoms with van der Waals surface area (Å²) in [5, 5.41) is 12.4. The van der Waals surface area contributed by atoms with Gasteiger partial charge in [-0.05, 0) is 98.0 Å². The second-order valence-corrected chi connectivity index (χ2v) is 15.3. The van der Waals surface area contributed by atoms with E-state index in [9.17, 15) is 9.90 Å². The van der Waals surface area contributed by atoms with Crippen LogP contribution in [0.25, 0.3) is 5.57 Å². The van der Waals surface area contributed by atoms with Crippen LogP contribution >= 0.6 is 56.5 Å². The number of halogens is 2. The van der Waals surface area contributed by atoms with Crippen molar-refractivity contribution in [1.29, 1.82) is 0 Å². The molecule has 0 radical (unpaired) electrons. The van der Waals surface area contributed by atoms with Crippen molar-refractivity contribution >= 4 is 92.5 Å². The lowest BCUT2D eigenvalue weighted by molar-refractivity contribution is -0.109. The van der Waals surface area contributed by atoms with Crippen LogP contribution in [-0.4, -0.2) is 24.7 Å². The minimum absolute atomic E-state index is 0.0681. The number of hydrogen-bond acceptors (Lipinski definition) is 4. The number of carbonyl (C=O) groups excluding carboxylic acids is 1. The molecule has 0 saturated carbocycles. The molecule has 27 heavy (non-hydrogen) atoms. The highest BCUT2D eigenvalue weighted by atomic mass is 127. The monoisotopic (exact) mass is 617 g/mol. The SMILES string of the molecule is CCC[Si]1(C)C2=C(c3sc(I)cc3I)C(=O)C=CC2=Nc2ccc(O)cc21. The van der Waals surface area contributed by atoms with E-state index in [2.05, 4.69) is 64.7 Å². The van der Waals surface area contributed by atoms with E-state index in [-0.39, 0.29) is 11.5 Å². The first-order valence-corrected chi connectivity index (χ1v) is 14.4. The van der Waals surface area contributed by atoms with Crippen molar-refractivity contribution < 1.29 is 9.90 Å². The maximum absolute atomic E-state index is 13.1. The molecule has 2 aromatic rings. The van der Waals surface area contributed by atoms with Crippen LogP contribution in [-0.2, 0) is 4.79 Å². The molecule has 2 heterocycles. The zero-order valence-electron chi connectivity index (χ0n) is 14.8. The molecular formula is C20H17I2NO2SSi. The molecule has 2 aliphatic rings. The van der Waals surface area contributed by atoms with Crippen molar-refractivity contribution in [3.05, 3.63) is 52.9 Å². The molecular weight excluding hydrogens is 600 g/mol. The zero-order chi connectivity index (χ0) is 19.3. The first-order valence-electron chi connectivity index (χ1n) is 8.70. The van der Waals surface area contributed by atoms with Crippen molar-refractivity contribution in [2.45, 2.75) is 25.9 Å². The average molecular weight is 617 g/mol. The summed E-state index contributed by atoms with van der Waals surface area (Å²) in [7, 11) is -2.23. The second kappa shape index (κ2) is 7.23. The Morgan fingerprint density at radius 3 is 2.67 bits per heavy atom. The lowest BCUT2D eigenvalue weighted by Crippen LogP contribution is -2.52. The van der Waals surface area contributed by atoms with Gasteiger partial charge in [0, 0.05) is 9.14 Å². The number of aromatic hydroxyl groups is 1. The second-order valence-electron chi connectivity index (χ2n) is 6.96. The molecule has 0 bridgehead atoms. The molecule has 7 heteroatoms. The van der Waals surface area contributed by atoms with Gasteiger partial charge in [0.05, 0.1) is 19.2 Å². The van der Waals surface area contributed by atoms with Gasteiger partial charge in [0.2, 0.25) is 0 Å². The summed E-state index contributed by atoms with van der Waals surface area (Å²) in [5.41, 5.74) is 2.68. The quantitative estimate of drug-likeness (QED) is 0.278. The number of thiophene rings is 1. The van der Waals surface area contributed by atoms with Gasteiger partial charge in [0.15, 0.2) is 5.78 Å². The van der Waals surface area contributed by atoms with Crippen molar-refractivity contribution in [3.8, 4) is 5.75 Å². The van der Waals surface area contributed by atoms with Gasteiger partial charge in [-0.3, -0.25) is 4.79 Å². The Hall–Kier alpha value is -0.783. The maximum Gasteiger partial charge on any atom is 0.187 e. The molecule has 4 rings (SSSR count). The lowest BCUT2D eigenvalue weighted by atomic mass is 10.0. The molecule has 1 aliphatic heterocycles. The summed E-state index contributed by atoms with van der Waals surface area (Å²) in [6, 6.07) is 8.60. The van der Waals surface area contributed by atoms with E-state index >= 15 is 0 Å². The fourth-order valence-electron chi connectivity index (χ4n) is 4.05. The van der Waals surface area contributed by atoms with E-state index in [0.717, 1.165) is 48.3 Å². The summed E-state index contributed by atoms with van der Waals surface area (Å²) >= 11 is 6.31. The number of carbonyl (C=O) groups is 1. The number of benzene rings is 1. The molecule has 1 aliphatic carbocycles. The smallest absolute Gasteiger partial charge is 0.187 e. The largest absolute Gasteiger partial charge is 0.508 e. The maximum atomic E-state index is 13.1. The Morgan fingerprint density at radius 1 is 1.22 bits per heavy atom. The van der Waals surface area contributed by atoms with Gasteiger partial charge in [-0.2, -0.15) is 0 Å². The Morgan fingerprint density at radius 2 is 2.00 bits per heavy atom. The highest BCUT2D eigenvalue weighted by Gasteiger charge is 2.44. The number of allylic oxidation sites excluding steroid dienone is 4. The topological polar surface area (TPSA) is 49.7 Å². The lowest BCUT2D eigenvalue weighted by Gasteiger charge is -2.38. The van der Waals surface area contributed by atoms with E-state index in [1.807, 2.05) is 18.2 Å². The highest BCUT2D eigenvalue weighted by Crippen LogP contribution is 2.42. The minimum atomic E-state index is -2.23. The van der Waals surface area contributed by atoms with Gasteiger partial charge >= 0.3 is 0 Å². The van der Waals surface area contributed by atoms with E-state index < -0.39 is 8.07 Å². The summed E-state index contributed by atoms with van der Waals surface area (Å²) in [6.45, 7) is 4.50. The molecule has 1 aromatic heterocycles. The molecule has 0 saturated heterocycles. The minimum Gasteiger partial charge on any atom is -0.508 e. The number of phenols is 1. The standard InChI is InChI=1S/C20H17I2NO2SSi/c1-3-8-27(2)16-9-11(24)4-5-13(16)23-14-6-7-15(25)18(20(14)27)19-12(21)10-17(22)26-19/h4-7,9-10,24H,3,8H2,1-2H3. The summed E-state index contributed by atoms with van der Waals surface area (Å²) in [6.07, 6.45) is 4.56. The van der Waals surface area contributed by atoms with Crippen LogP contribution < -0.4 is 5.19 Å². The fourth-order valence-corrected chi connectivity index (χ4v) is 12.1. The third-order valence-electron chi connectivity index (χ3n) is 5.15. The zero-order valence-corrected chi connectivity index (χ0v) is 21.0. The first-order chi connectivity index (χ1) is 12.8. The summed E-state index contributed by atoms with van der Waals surface area (Å²) < 4.78 is 2.29. The summed E-state index contributed by atoms with van der Waals surface area (Å²) in [5.74, 6) is 0.334. The van der Waals surface area contributed by atoms with E-state index in [4.69, 9.17) is 4.99 Å². The van der Waals surface area contributed by atoms with Crippen LogP contribution in [0.5, 0.6) is 5.75 Å². The molecule has 0 amide bonds. The van der Waals surface area contributed by atoms with Crippen LogP contribution in [0.1, 0.15) is 18.2 Å². The average Bonchev–Trinajstić information content (AvgIpc) is 2.95. The Balaban J connectivity index is 2.09. The molecule has 1 aromatic carbocycles. The number of rotatable bonds is 3. The normalized spacial score (nSPS) is 21.2. The van der Waals surface area contributed by atoms with Gasteiger partial charge < -0.3 is 5.11 Å². The molecule has 0 fully saturated rings. The summed E-state index contributed by atoms with van der Waals surface area (Å²) in [4.78, 5) is 19.0. The van der Waals surface area contributed by atoms with Gasteiger partial charge in [-0.15, -0.1) is 11.3 Å². The molecule has 1 N–H and O–H groups in total.